The zero-order chi connectivity index (χ0) is 14.5. The zero-order valence-corrected chi connectivity index (χ0v) is 11.7. The Kier molecular flexibility index (Phi) is 5.46. The van der Waals surface area contributed by atoms with Crippen molar-refractivity contribution >= 4 is 15.9 Å². The minimum Gasteiger partial charge on any atom is -0.392 e. The molecule has 0 spiro atoms. The SMILES string of the molecule is CCNS(=O)(=O)c1ccc(C(=O)NC[C@@H](C)O)cc1. The van der Waals surface area contributed by atoms with Gasteiger partial charge in [0.1, 0.15) is 0 Å². The number of hydrogen-bond acceptors (Lipinski definition) is 4. The van der Waals surface area contributed by atoms with Gasteiger partial charge in [0, 0.05) is 18.7 Å². The third-order valence-electron chi connectivity index (χ3n) is 2.32. The Balaban J connectivity index is 2.79. The van der Waals surface area contributed by atoms with Crippen molar-refractivity contribution in [2.24, 2.45) is 0 Å². The van der Waals surface area contributed by atoms with Crippen LogP contribution in [0.2, 0.25) is 0 Å². The lowest BCUT2D eigenvalue weighted by molar-refractivity contribution is 0.0924. The number of carbonyl (C=O) groups is 1. The summed E-state index contributed by atoms with van der Waals surface area (Å²) in [5.41, 5.74) is 0.344. The second kappa shape index (κ2) is 6.65. The third-order valence-corrected chi connectivity index (χ3v) is 3.88. The van der Waals surface area contributed by atoms with Crippen molar-refractivity contribution in [2.75, 3.05) is 13.1 Å². The van der Waals surface area contributed by atoms with Crippen LogP contribution in [0, 0.1) is 0 Å². The van der Waals surface area contributed by atoms with Crippen LogP contribution in [-0.2, 0) is 10.0 Å². The van der Waals surface area contributed by atoms with E-state index in [-0.39, 0.29) is 17.3 Å². The number of amides is 1. The van der Waals surface area contributed by atoms with Crippen molar-refractivity contribution in [2.45, 2.75) is 24.8 Å². The second-order valence-electron chi connectivity index (χ2n) is 4.08. The van der Waals surface area contributed by atoms with E-state index in [2.05, 4.69) is 10.0 Å². The molecular weight excluding hydrogens is 268 g/mol. The number of rotatable bonds is 6. The van der Waals surface area contributed by atoms with Crippen LogP contribution < -0.4 is 10.0 Å². The standard InChI is InChI=1S/C12H18N2O4S/c1-3-14-19(17,18)11-6-4-10(5-7-11)12(16)13-8-9(2)15/h4-7,9,14-15H,3,8H2,1-2H3,(H,13,16)/t9-/m1/s1. The van der Waals surface area contributed by atoms with E-state index in [0.29, 0.717) is 12.1 Å². The molecule has 1 rings (SSSR count). The van der Waals surface area contributed by atoms with Crippen molar-refractivity contribution in [1.82, 2.24) is 10.0 Å². The lowest BCUT2D eigenvalue weighted by Crippen LogP contribution is -2.30. The Hall–Kier alpha value is -1.44. The number of aliphatic hydroxyl groups is 1. The van der Waals surface area contributed by atoms with Crippen LogP contribution in [0.3, 0.4) is 0 Å². The Labute approximate surface area is 112 Å². The van der Waals surface area contributed by atoms with Crippen LogP contribution in [0.1, 0.15) is 24.2 Å². The third kappa shape index (κ3) is 4.62. The van der Waals surface area contributed by atoms with Crippen LogP contribution >= 0.6 is 0 Å². The number of benzene rings is 1. The molecule has 0 radical (unpaired) electrons. The largest absolute Gasteiger partial charge is 0.392 e. The van der Waals surface area contributed by atoms with Gasteiger partial charge in [0.25, 0.3) is 5.91 Å². The first-order valence-electron chi connectivity index (χ1n) is 5.93. The second-order valence-corrected chi connectivity index (χ2v) is 5.85. The summed E-state index contributed by atoms with van der Waals surface area (Å²) in [5, 5.41) is 11.6. The van der Waals surface area contributed by atoms with Gasteiger partial charge in [-0.25, -0.2) is 13.1 Å². The summed E-state index contributed by atoms with van der Waals surface area (Å²) < 4.78 is 25.7. The van der Waals surface area contributed by atoms with Gasteiger partial charge in [0.15, 0.2) is 0 Å². The summed E-state index contributed by atoms with van der Waals surface area (Å²) in [7, 11) is -3.50. The molecule has 0 aromatic heterocycles. The summed E-state index contributed by atoms with van der Waals surface area (Å²) in [5.74, 6) is -0.353. The van der Waals surface area contributed by atoms with Gasteiger partial charge in [-0.2, -0.15) is 0 Å². The molecule has 1 amide bonds. The van der Waals surface area contributed by atoms with Crippen molar-refractivity contribution in [3.8, 4) is 0 Å². The van der Waals surface area contributed by atoms with E-state index in [4.69, 9.17) is 5.11 Å². The molecule has 19 heavy (non-hydrogen) atoms. The summed E-state index contributed by atoms with van der Waals surface area (Å²) in [6, 6.07) is 5.60. The number of sulfonamides is 1. The summed E-state index contributed by atoms with van der Waals surface area (Å²) in [6.07, 6.45) is -0.627. The van der Waals surface area contributed by atoms with Crippen molar-refractivity contribution in [3.63, 3.8) is 0 Å². The maximum Gasteiger partial charge on any atom is 0.251 e. The van der Waals surface area contributed by atoms with Gasteiger partial charge >= 0.3 is 0 Å². The fraction of sp³-hybridized carbons (Fsp3) is 0.417. The highest BCUT2D eigenvalue weighted by Crippen LogP contribution is 2.10. The van der Waals surface area contributed by atoms with Crippen molar-refractivity contribution in [1.29, 1.82) is 0 Å². The number of hydrogen-bond donors (Lipinski definition) is 3. The minimum atomic E-state index is -3.50. The highest BCUT2D eigenvalue weighted by molar-refractivity contribution is 7.89. The fourth-order valence-electron chi connectivity index (χ4n) is 1.40. The van der Waals surface area contributed by atoms with Gasteiger partial charge in [-0.3, -0.25) is 4.79 Å². The molecule has 3 N–H and O–H groups in total. The summed E-state index contributed by atoms with van der Waals surface area (Å²) in [6.45, 7) is 3.71. The molecule has 1 atom stereocenters. The molecule has 7 heteroatoms. The molecule has 0 aliphatic heterocycles. The van der Waals surface area contributed by atoms with Crippen LogP contribution in [-0.4, -0.2) is 38.6 Å². The molecule has 0 saturated heterocycles. The molecular formula is C12H18N2O4S. The molecule has 0 bridgehead atoms. The fourth-order valence-corrected chi connectivity index (χ4v) is 2.44. The van der Waals surface area contributed by atoms with E-state index in [9.17, 15) is 13.2 Å². The summed E-state index contributed by atoms with van der Waals surface area (Å²) in [4.78, 5) is 11.8. The van der Waals surface area contributed by atoms with E-state index < -0.39 is 16.1 Å². The van der Waals surface area contributed by atoms with Gasteiger partial charge in [-0.1, -0.05) is 6.92 Å². The molecule has 0 aliphatic rings. The monoisotopic (exact) mass is 286 g/mol. The maximum absolute atomic E-state index is 11.7. The Morgan fingerprint density at radius 3 is 2.37 bits per heavy atom. The molecule has 1 aromatic carbocycles. The number of carbonyl (C=O) groups excluding carboxylic acids is 1. The average Bonchev–Trinajstić information content (AvgIpc) is 2.36. The average molecular weight is 286 g/mol. The Bertz CT molecular complexity index is 523. The zero-order valence-electron chi connectivity index (χ0n) is 10.9. The predicted molar refractivity (Wildman–Crippen MR) is 71.3 cm³/mol. The predicted octanol–water partition coefficient (Wildman–Crippen LogP) is 0.0954. The molecule has 0 saturated carbocycles. The lowest BCUT2D eigenvalue weighted by atomic mass is 10.2. The quantitative estimate of drug-likeness (QED) is 0.691. The minimum absolute atomic E-state index is 0.112. The topological polar surface area (TPSA) is 95.5 Å². The van der Waals surface area contributed by atoms with Crippen molar-refractivity contribution in [3.05, 3.63) is 29.8 Å². The van der Waals surface area contributed by atoms with Gasteiger partial charge in [0.05, 0.1) is 11.0 Å². The Morgan fingerprint density at radius 1 is 1.32 bits per heavy atom. The van der Waals surface area contributed by atoms with E-state index >= 15 is 0 Å². The van der Waals surface area contributed by atoms with Gasteiger partial charge in [-0.05, 0) is 31.2 Å². The maximum atomic E-state index is 11.7. The van der Waals surface area contributed by atoms with Crippen LogP contribution in [0.25, 0.3) is 0 Å². The Morgan fingerprint density at radius 2 is 1.89 bits per heavy atom. The van der Waals surface area contributed by atoms with Crippen LogP contribution in [0.4, 0.5) is 0 Å². The molecule has 0 heterocycles. The first kappa shape index (κ1) is 15.6. The summed E-state index contributed by atoms with van der Waals surface area (Å²) >= 11 is 0. The highest BCUT2D eigenvalue weighted by Gasteiger charge is 2.13. The molecule has 1 aromatic rings. The number of nitrogens with one attached hydrogen (secondary N) is 2. The van der Waals surface area contributed by atoms with Crippen molar-refractivity contribution < 1.29 is 18.3 Å². The number of aliphatic hydroxyl groups excluding tert-OH is 1. The first-order valence-corrected chi connectivity index (χ1v) is 7.41. The van der Waals surface area contributed by atoms with Gasteiger partial charge in [-0.15, -0.1) is 0 Å². The molecule has 0 unspecified atom stereocenters. The lowest BCUT2D eigenvalue weighted by Gasteiger charge is -2.08. The van der Waals surface area contributed by atoms with Gasteiger partial charge < -0.3 is 10.4 Å². The highest BCUT2D eigenvalue weighted by atomic mass is 32.2. The van der Waals surface area contributed by atoms with Crippen LogP contribution in [0.15, 0.2) is 29.2 Å². The molecule has 0 aliphatic carbocycles. The van der Waals surface area contributed by atoms with E-state index in [1.54, 1.807) is 13.8 Å². The normalized spacial score (nSPS) is 13.0. The van der Waals surface area contributed by atoms with Crippen LogP contribution in [0.5, 0.6) is 0 Å². The molecule has 6 nitrogen and oxygen atoms in total. The smallest absolute Gasteiger partial charge is 0.251 e. The van der Waals surface area contributed by atoms with Gasteiger partial charge in [0.2, 0.25) is 10.0 Å². The van der Waals surface area contributed by atoms with E-state index in [0.717, 1.165) is 0 Å². The molecule has 106 valence electrons. The first-order chi connectivity index (χ1) is 8.86. The van der Waals surface area contributed by atoms with E-state index in [1.165, 1.54) is 24.3 Å². The molecule has 0 fully saturated rings. The van der Waals surface area contributed by atoms with E-state index in [1.807, 2.05) is 0 Å².